The van der Waals surface area contributed by atoms with Gasteiger partial charge in [-0.1, -0.05) is 24.3 Å². The van der Waals surface area contributed by atoms with E-state index < -0.39 is 10.1 Å². The highest BCUT2D eigenvalue weighted by Gasteiger charge is 2.18. The summed E-state index contributed by atoms with van der Waals surface area (Å²) in [6.45, 7) is 3.65. The summed E-state index contributed by atoms with van der Waals surface area (Å²) in [4.78, 5) is 0.0803. The molecular weight excluding hydrogens is 288 g/mol. The van der Waals surface area contributed by atoms with Crippen molar-refractivity contribution in [3.05, 3.63) is 66.7 Å². The van der Waals surface area contributed by atoms with Gasteiger partial charge < -0.3 is 8.92 Å². The van der Waals surface area contributed by atoms with Crippen molar-refractivity contribution in [2.45, 2.75) is 11.3 Å². The van der Waals surface area contributed by atoms with Gasteiger partial charge in [-0.3, -0.25) is 0 Å². The van der Waals surface area contributed by atoms with Gasteiger partial charge in [-0.05, 0) is 42.3 Å². The number of ether oxygens (including phenoxy) is 1. The van der Waals surface area contributed by atoms with Crippen LogP contribution < -0.4 is 8.92 Å². The fraction of sp³-hybridized carbons (Fsp3) is 0.125. The number of methoxy groups -OCH3 is 1. The first-order chi connectivity index (χ1) is 10.1. The Bertz CT molecular complexity index is 718. The zero-order valence-corrected chi connectivity index (χ0v) is 12.5. The first kappa shape index (κ1) is 15.1. The second-order valence-electron chi connectivity index (χ2n) is 4.31. The normalized spacial score (nSPS) is 10.9. The lowest BCUT2D eigenvalue weighted by molar-refractivity contribution is 0.414. The van der Waals surface area contributed by atoms with E-state index in [1.807, 2.05) is 6.07 Å². The third-order valence-electron chi connectivity index (χ3n) is 2.88. The van der Waals surface area contributed by atoms with E-state index in [0.717, 1.165) is 5.56 Å². The van der Waals surface area contributed by atoms with Crippen LogP contribution in [0.25, 0.3) is 0 Å². The van der Waals surface area contributed by atoms with Crippen molar-refractivity contribution < 1.29 is 17.3 Å². The van der Waals surface area contributed by atoms with E-state index >= 15 is 0 Å². The number of hydrogen-bond acceptors (Lipinski definition) is 4. The molecule has 0 heterocycles. The number of allylic oxidation sites excluding steroid dienone is 1. The molecule has 0 amide bonds. The summed E-state index contributed by atoms with van der Waals surface area (Å²) in [6, 6.07) is 13.0. The molecule has 0 unspecified atom stereocenters. The van der Waals surface area contributed by atoms with E-state index in [4.69, 9.17) is 8.92 Å². The quantitative estimate of drug-likeness (QED) is 0.607. The second kappa shape index (κ2) is 6.45. The molecule has 0 aromatic heterocycles. The van der Waals surface area contributed by atoms with Crippen LogP contribution in [0.2, 0.25) is 0 Å². The fourth-order valence-electron chi connectivity index (χ4n) is 1.82. The fourth-order valence-corrected chi connectivity index (χ4v) is 2.78. The highest BCUT2D eigenvalue weighted by Crippen LogP contribution is 2.24. The van der Waals surface area contributed by atoms with E-state index in [1.54, 1.807) is 36.4 Å². The third-order valence-corrected chi connectivity index (χ3v) is 4.13. The summed E-state index contributed by atoms with van der Waals surface area (Å²) in [5.41, 5.74) is 0.768. The Hall–Kier alpha value is -2.27. The van der Waals surface area contributed by atoms with E-state index in [1.165, 1.54) is 19.2 Å². The van der Waals surface area contributed by atoms with Crippen molar-refractivity contribution in [1.82, 2.24) is 0 Å². The minimum Gasteiger partial charge on any atom is -0.497 e. The monoisotopic (exact) mass is 304 g/mol. The van der Waals surface area contributed by atoms with Crippen molar-refractivity contribution in [3.63, 3.8) is 0 Å². The summed E-state index contributed by atoms with van der Waals surface area (Å²) >= 11 is 0. The second-order valence-corrected chi connectivity index (χ2v) is 5.86. The van der Waals surface area contributed by atoms with Gasteiger partial charge in [-0.25, -0.2) is 0 Å². The molecule has 0 saturated carbocycles. The highest BCUT2D eigenvalue weighted by molar-refractivity contribution is 7.87. The van der Waals surface area contributed by atoms with Crippen LogP contribution in [0.5, 0.6) is 11.5 Å². The molecule has 0 atom stereocenters. The lowest BCUT2D eigenvalue weighted by Gasteiger charge is -2.10. The van der Waals surface area contributed by atoms with Gasteiger partial charge in [0.05, 0.1) is 7.11 Å². The van der Waals surface area contributed by atoms with E-state index in [0.29, 0.717) is 17.9 Å². The lowest BCUT2D eigenvalue weighted by Crippen LogP contribution is -2.10. The van der Waals surface area contributed by atoms with Crippen molar-refractivity contribution in [2.24, 2.45) is 0 Å². The van der Waals surface area contributed by atoms with Gasteiger partial charge in [0.2, 0.25) is 0 Å². The van der Waals surface area contributed by atoms with Gasteiger partial charge in [0.15, 0.2) is 0 Å². The summed E-state index contributed by atoms with van der Waals surface area (Å²) in [6.07, 6.45) is 2.23. The minimum atomic E-state index is -3.87. The van der Waals surface area contributed by atoms with Crippen molar-refractivity contribution in [3.8, 4) is 11.5 Å². The summed E-state index contributed by atoms with van der Waals surface area (Å²) in [5, 5.41) is 0. The molecule has 5 heteroatoms. The molecule has 2 aromatic carbocycles. The average Bonchev–Trinajstić information content (AvgIpc) is 2.49. The molecule has 0 spiro atoms. The molecule has 0 fully saturated rings. The molecule has 21 heavy (non-hydrogen) atoms. The Morgan fingerprint density at radius 3 is 2.38 bits per heavy atom. The maximum atomic E-state index is 12.3. The van der Waals surface area contributed by atoms with E-state index in [2.05, 4.69) is 6.58 Å². The first-order valence-corrected chi connectivity index (χ1v) is 7.75. The van der Waals surface area contributed by atoms with Crippen LogP contribution >= 0.6 is 0 Å². The van der Waals surface area contributed by atoms with Gasteiger partial charge in [0, 0.05) is 0 Å². The van der Waals surface area contributed by atoms with Gasteiger partial charge >= 0.3 is 10.1 Å². The van der Waals surface area contributed by atoms with Crippen LogP contribution in [0.3, 0.4) is 0 Å². The van der Waals surface area contributed by atoms with Gasteiger partial charge in [0.1, 0.15) is 16.4 Å². The van der Waals surface area contributed by atoms with Gasteiger partial charge in [-0.15, -0.1) is 6.58 Å². The van der Waals surface area contributed by atoms with E-state index in [-0.39, 0.29) is 4.90 Å². The Balaban J connectivity index is 2.30. The zero-order chi connectivity index (χ0) is 15.3. The molecule has 2 rings (SSSR count). The number of para-hydroxylation sites is 1. The van der Waals surface area contributed by atoms with Crippen LogP contribution in [-0.2, 0) is 16.5 Å². The smallest absolute Gasteiger partial charge is 0.339 e. The van der Waals surface area contributed by atoms with Crippen LogP contribution in [0.4, 0.5) is 0 Å². The molecule has 0 N–H and O–H groups in total. The summed E-state index contributed by atoms with van der Waals surface area (Å²) < 4.78 is 34.8. The molecule has 0 aliphatic rings. The molecule has 2 aromatic rings. The minimum absolute atomic E-state index is 0.0803. The third kappa shape index (κ3) is 3.64. The molecule has 110 valence electrons. The van der Waals surface area contributed by atoms with E-state index in [9.17, 15) is 8.42 Å². The molecule has 4 nitrogen and oxygen atoms in total. The lowest BCUT2D eigenvalue weighted by atomic mass is 10.1. The maximum Gasteiger partial charge on any atom is 0.339 e. The van der Waals surface area contributed by atoms with Crippen molar-refractivity contribution in [2.75, 3.05) is 7.11 Å². The standard InChI is InChI=1S/C16H16O4S/c1-3-6-13-7-4-5-8-16(13)20-21(17,18)15-11-9-14(19-2)10-12-15/h3-5,7-12H,1,6H2,2H3. The molecule has 0 aliphatic carbocycles. The molecule has 0 radical (unpaired) electrons. The molecule has 0 aliphatic heterocycles. The van der Waals surface area contributed by atoms with Crippen LogP contribution in [-0.4, -0.2) is 15.5 Å². The average molecular weight is 304 g/mol. The predicted octanol–water partition coefficient (Wildman–Crippen LogP) is 3.19. The summed E-state index contributed by atoms with van der Waals surface area (Å²) in [7, 11) is -2.35. The molecular formula is C16H16O4S. The predicted molar refractivity (Wildman–Crippen MR) is 81.2 cm³/mol. The van der Waals surface area contributed by atoms with Crippen molar-refractivity contribution >= 4 is 10.1 Å². The highest BCUT2D eigenvalue weighted by atomic mass is 32.2. The Kier molecular flexibility index (Phi) is 4.65. The van der Waals surface area contributed by atoms with Crippen LogP contribution in [0.1, 0.15) is 5.56 Å². The van der Waals surface area contributed by atoms with Crippen molar-refractivity contribution in [1.29, 1.82) is 0 Å². The number of rotatable bonds is 6. The maximum absolute atomic E-state index is 12.3. The van der Waals surface area contributed by atoms with Gasteiger partial charge in [0.25, 0.3) is 0 Å². The Labute approximate surface area is 124 Å². The molecule has 0 saturated heterocycles. The SMILES string of the molecule is C=CCc1ccccc1OS(=O)(=O)c1ccc(OC)cc1. The largest absolute Gasteiger partial charge is 0.497 e. The summed E-state index contributed by atoms with van der Waals surface area (Å²) in [5.74, 6) is 0.897. The Morgan fingerprint density at radius 1 is 1.10 bits per heavy atom. The first-order valence-electron chi connectivity index (χ1n) is 6.34. The topological polar surface area (TPSA) is 52.6 Å². The zero-order valence-electron chi connectivity index (χ0n) is 11.7. The number of benzene rings is 2. The van der Waals surface area contributed by atoms with Crippen LogP contribution in [0, 0.1) is 0 Å². The Morgan fingerprint density at radius 2 is 1.76 bits per heavy atom. The molecule has 0 bridgehead atoms. The van der Waals surface area contributed by atoms with Gasteiger partial charge in [-0.2, -0.15) is 8.42 Å². The van der Waals surface area contributed by atoms with Crippen LogP contribution in [0.15, 0.2) is 66.1 Å². The number of hydrogen-bond donors (Lipinski definition) is 0.